The molecule has 0 aliphatic rings. The van der Waals surface area contributed by atoms with Crippen LogP contribution >= 0.6 is 23.2 Å². The number of hydrazone groups is 1. The Labute approximate surface area is 218 Å². The largest absolute Gasteiger partial charge is 0.490 e. The minimum atomic E-state index is -0.929. The summed E-state index contributed by atoms with van der Waals surface area (Å²) in [5, 5.41) is 6.87. The SMILES string of the molecule is CCOc1cc(/C=N\NC(=O)C(=O)Nc2ccc(CC)cc2)ccc1OC(=O)c1ccc(Cl)cc1Cl. The van der Waals surface area contributed by atoms with Gasteiger partial charge in [-0.05, 0) is 73.0 Å². The minimum Gasteiger partial charge on any atom is -0.490 e. The first-order valence-electron chi connectivity index (χ1n) is 11.0. The Hall–Kier alpha value is -3.88. The summed E-state index contributed by atoms with van der Waals surface area (Å²) >= 11 is 12.0. The van der Waals surface area contributed by atoms with Gasteiger partial charge in [-0.2, -0.15) is 5.10 Å². The Kier molecular flexibility index (Phi) is 9.44. The van der Waals surface area contributed by atoms with Gasteiger partial charge in [0, 0.05) is 10.7 Å². The Balaban J connectivity index is 1.63. The zero-order valence-corrected chi connectivity index (χ0v) is 21.0. The fourth-order valence-electron chi connectivity index (χ4n) is 3.00. The highest BCUT2D eigenvalue weighted by Gasteiger charge is 2.17. The van der Waals surface area contributed by atoms with E-state index in [0.717, 1.165) is 12.0 Å². The zero-order valence-electron chi connectivity index (χ0n) is 19.5. The summed E-state index contributed by atoms with van der Waals surface area (Å²) in [6, 6.07) is 16.3. The Morgan fingerprint density at radius 2 is 1.67 bits per heavy atom. The van der Waals surface area contributed by atoms with Gasteiger partial charge >= 0.3 is 17.8 Å². The summed E-state index contributed by atoms with van der Waals surface area (Å²) in [7, 11) is 0. The molecule has 0 radical (unpaired) electrons. The van der Waals surface area contributed by atoms with Crippen LogP contribution in [0.3, 0.4) is 0 Å². The minimum absolute atomic E-state index is 0.149. The van der Waals surface area contributed by atoms with Crippen LogP contribution in [0.1, 0.15) is 35.3 Å². The molecule has 0 aromatic heterocycles. The number of halogens is 2. The molecule has 36 heavy (non-hydrogen) atoms. The van der Waals surface area contributed by atoms with Crippen molar-refractivity contribution in [2.75, 3.05) is 11.9 Å². The van der Waals surface area contributed by atoms with Gasteiger partial charge in [0.15, 0.2) is 11.5 Å². The van der Waals surface area contributed by atoms with Crippen LogP contribution < -0.4 is 20.2 Å². The first-order chi connectivity index (χ1) is 17.3. The van der Waals surface area contributed by atoms with Crippen LogP contribution in [0.2, 0.25) is 10.0 Å². The average molecular weight is 528 g/mol. The van der Waals surface area contributed by atoms with E-state index in [4.69, 9.17) is 32.7 Å². The molecule has 0 fully saturated rings. The topological polar surface area (TPSA) is 106 Å². The highest BCUT2D eigenvalue weighted by atomic mass is 35.5. The standard InChI is InChI=1S/C26H23Cl2N3O5/c1-3-16-5-9-19(10-6-16)30-24(32)25(33)31-29-15-17-7-12-22(23(13-17)35-4-2)36-26(34)20-11-8-18(27)14-21(20)28/h5-15H,3-4H2,1-2H3,(H,30,32)(H,31,33)/b29-15-. The molecule has 0 saturated heterocycles. The number of anilines is 1. The molecule has 3 aromatic carbocycles. The number of benzene rings is 3. The first-order valence-corrected chi connectivity index (χ1v) is 11.7. The fraction of sp³-hybridized carbons (Fsp3) is 0.154. The third kappa shape index (κ3) is 7.31. The third-order valence-corrected chi connectivity index (χ3v) is 5.38. The molecule has 0 bridgehead atoms. The number of aryl methyl sites for hydroxylation is 1. The Bertz CT molecular complexity index is 1290. The number of hydrogen-bond acceptors (Lipinski definition) is 6. The van der Waals surface area contributed by atoms with Gasteiger partial charge in [0.1, 0.15) is 0 Å². The highest BCUT2D eigenvalue weighted by Crippen LogP contribution is 2.30. The lowest BCUT2D eigenvalue weighted by molar-refractivity contribution is -0.136. The van der Waals surface area contributed by atoms with Crippen LogP contribution in [0.5, 0.6) is 11.5 Å². The van der Waals surface area contributed by atoms with Gasteiger partial charge in [-0.15, -0.1) is 0 Å². The Morgan fingerprint density at radius 3 is 2.33 bits per heavy atom. The van der Waals surface area contributed by atoms with Crippen LogP contribution in [-0.2, 0) is 16.0 Å². The number of nitrogens with one attached hydrogen (secondary N) is 2. The quantitative estimate of drug-likeness (QED) is 0.136. The van der Waals surface area contributed by atoms with Crippen molar-refractivity contribution in [1.82, 2.24) is 5.43 Å². The van der Waals surface area contributed by atoms with Crippen LogP contribution in [0.4, 0.5) is 5.69 Å². The molecule has 0 atom stereocenters. The summed E-state index contributed by atoms with van der Waals surface area (Å²) in [6.07, 6.45) is 2.19. The summed E-state index contributed by atoms with van der Waals surface area (Å²) in [4.78, 5) is 36.7. The van der Waals surface area contributed by atoms with Gasteiger partial charge in [-0.1, -0.05) is 42.3 Å². The van der Waals surface area contributed by atoms with E-state index >= 15 is 0 Å². The molecule has 0 aliphatic carbocycles. The second kappa shape index (κ2) is 12.7. The smallest absolute Gasteiger partial charge is 0.345 e. The maximum Gasteiger partial charge on any atom is 0.345 e. The molecule has 186 valence electrons. The van der Waals surface area contributed by atoms with Gasteiger partial charge in [0.25, 0.3) is 0 Å². The maximum absolute atomic E-state index is 12.5. The van der Waals surface area contributed by atoms with Crippen LogP contribution in [0.25, 0.3) is 0 Å². The normalized spacial score (nSPS) is 10.7. The first kappa shape index (κ1) is 26.7. The molecule has 3 aromatic rings. The predicted molar refractivity (Wildman–Crippen MR) is 139 cm³/mol. The van der Waals surface area contributed by atoms with Crippen molar-refractivity contribution in [1.29, 1.82) is 0 Å². The van der Waals surface area contributed by atoms with Crippen LogP contribution in [-0.4, -0.2) is 30.6 Å². The average Bonchev–Trinajstić information content (AvgIpc) is 2.86. The third-order valence-electron chi connectivity index (χ3n) is 4.83. The van der Waals surface area contributed by atoms with Crippen molar-refractivity contribution in [3.8, 4) is 11.5 Å². The molecule has 0 saturated carbocycles. The summed E-state index contributed by atoms with van der Waals surface area (Å²) in [6.45, 7) is 4.11. The van der Waals surface area contributed by atoms with Gasteiger partial charge in [0.2, 0.25) is 0 Å². The van der Waals surface area contributed by atoms with E-state index in [9.17, 15) is 14.4 Å². The lowest BCUT2D eigenvalue weighted by atomic mass is 10.1. The number of nitrogens with zero attached hydrogens (tertiary/aromatic N) is 1. The molecule has 8 nitrogen and oxygen atoms in total. The molecular formula is C26H23Cl2N3O5. The summed E-state index contributed by atoms with van der Waals surface area (Å²) < 4.78 is 11.0. The van der Waals surface area contributed by atoms with Crippen molar-refractivity contribution >= 4 is 52.9 Å². The van der Waals surface area contributed by atoms with Crippen molar-refractivity contribution < 1.29 is 23.9 Å². The van der Waals surface area contributed by atoms with Crippen LogP contribution in [0.15, 0.2) is 65.8 Å². The lowest BCUT2D eigenvalue weighted by Gasteiger charge is -2.12. The fourth-order valence-corrected chi connectivity index (χ4v) is 3.48. The molecule has 0 heterocycles. The van der Waals surface area contributed by atoms with E-state index in [-0.39, 0.29) is 22.1 Å². The number of esters is 1. The van der Waals surface area contributed by atoms with Crippen molar-refractivity contribution in [3.63, 3.8) is 0 Å². The highest BCUT2D eigenvalue weighted by molar-refractivity contribution is 6.39. The van der Waals surface area contributed by atoms with E-state index in [1.807, 2.05) is 19.1 Å². The van der Waals surface area contributed by atoms with Gasteiger partial charge in [0.05, 0.1) is 23.4 Å². The van der Waals surface area contributed by atoms with Crippen molar-refractivity contribution in [2.45, 2.75) is 20.3 Å². The molecule has 2 N–H and O–H groups in total. The van der Waals surface area contributed by atoms with E-state index in [1.54, 1.807) is 31.2 Å². The van der Waals surface area contributed by atoms with Crippen molar-refractivity contribution in [3.05, 3.63) is 87.4 Å². The molecule has 0 spiro atoms. The summed E-state index contributed by atoms with van der Waals surface area (Å²) in [5.41, 5.74) is 4.46. The van der Waals surface area contributed by atoms with E-state index in [0.29, 0.717) is 22.9 Å². The number of carbonyl (C=O) groups excluding carboxylic acids is 3. The molecule has 0 unspecified atom stereocenters. The van der Waals surface area contributed by atoms with Crippen molar-refractivity contribution in [2.24, 2.45) is 5.10 Å². The molecule has 0 aliphatic heterocycles. The van der Waals surface area contributed by atoms with Gasteiger partial charge in [-0.3, -0.25) is 9.59 Å². The van der Waals surface area contributed by atoms with E-state index in [2.05, 4.69) is 15.8 Å². The monoisotopic (exact) mass is 527 g/mol. The molecule has 3 rings (SSSR count). The van der Waals surface area contributed by atoms with Gasteiger partial charge < -0.3 is 14.8 Å². The predicted octanol–water partition coefficient (Wildman–Crippen LogP) is 5.26. The van der Waals surface area contributed by atoms with E-state index < -0.39 is 17.8 Å². The number of amides is 2. The summed E-state index contributed by atoms with van der Waals surface area (Å²) in [5.74, 6) is -2.01. The second-order valence-electron chi connectivity index (χ2n) is 7.36. The lowest BCUT2D eigenvalue weighted by Crippen LogP contribution is -2.32. The second-order valence-corrected chi connectivity index (χ2v) is 8.20. The van der Waals surface area contributed by atoms with E-state index in [1.165, 1.54) is 30.5 Å². The molecule has 10 heteroatoms. The van der Waals surface area contributed by atoms with Gasteiger partial charge in [-0.25, -0.2) is 10.2 Å². The maximum atomic E-state index is 12.5. The van der Waals surface area contributed by atoms with Crippen LogP contribution in [0, 0.1) is 0 Å². The zero-order chi connectivity index (χ0) is 26.1. The number of hydrogen-bond donors (Lipinski definition) is 2. The Morgan fingerprint density at radius 1 is 0.917 bits per heavy atom. The number of ether oxygens (including phenoxy) is 2. The molecular weight excluding hydrogens is 505 g/mol. The molecule has 2 amide bonds. The number of carbonyl (C=O) groups is 3. The number of rotatable bonds is 8.